The van der Waals surface area contributed by atoms with Crippen LogP contribution in [0.25, 0.3) is 11.0 Å². The van der Waals surface area contributed by atoms with Crippen LogP contribution in [0.1, 0.15) is 45.1 Å². The van der Waals surface area contributed by atoms with Crippen molar-refractivity contribution in [2.45, 2.75) is 62.9 Å². The van der Waals surface area contributed by atoms with E-state index in [1.807, 2.05) is 13.0 Å². The topological polar surface area (TPSA) is 57.8 Å². The molecule has 2 aromatic rings. The minimum atomic E-state index is -0.150. The molecule has 5 heteroatoms. The van der Waals surface area contributed by atoms with Crippen molar-refractivity contribution in [3.63, 3.8) is 0 Å². The Morgan fingerprint density at radius 2 is 2.16 bits per heavy atom. The van der Waals surface area contributed by atoms with Gasteiger partial charge in [0.25, 0.3) is 0 Å². The summed E-state index contributed by atoms with van der Waals surface area (Å²) >= 11 is 1.50. The number of aromatic amines is 1. The zero-order valence-electron chi connectivity index (χ0n) is 15.2. The molecule has 0 spiro atoms. The van der Waals surface area contributed by atoms with Crippen LogP contribution in [0.15, 0.2) is 23.4 Å². The highest BCUT2D eigenvalue weighted by atomic mass is 32.2. The smallest absolute Gasteiger partial charge is 0.233 e. The number of hydrogen-bond acceptors (Lipinski definition) is 3. The van der Waals surface area contributed by atoms with Crippen molar-refractivity contribution in [1.29, 1.82) is 0 Å². The number of amides is 1. The molecule has 2 aliphatic rings. The highest BCUT2D eigenvalue weighted by Gasteiger charge is 2.42. The standard InChI is InChI=1S/C20H27N3OS/c1-11-4-7-17-18(8-11)23-20(22-17)25-13(3)19(24)21-12(2)16-10-14-5-6-15(16)9-14/h4,7-8,12-16H,5-6,9-10H2,1-3H3,(H,21,24)(H,22,23). The van der Waals surface area contributed by atoms with Crippen LogP contribution in [0.4, 0.5) is 0 Å². The van der Waals surface area contributed by atoms with Crippen molar-refractivity contribution in [2.24, 2.45) is 17.8 Å². The summed E-state index contributed by atoms with van der Waals surface area (Å²) in [6.07, 6.45) is 5.45. The number of benzene rings is 1. The van der Waals surface area contributed by atoms with Crippen molar-refractivity contribution in [2.75, 3.05) is 0 Å². The summed E-state index contributed by atoms with van der Waals surface area (Å²) < 4.78 is 0. The molecule has 25 heavy (non-hydrogen) atoms. The number of hydrogen-bond donors (Lipinski definition) is 2. The second-order valence-electron chi connectivity index (χ2n) is 7.96. The minimum Gasteiger partial charge on any atom is -0.352 e. The Kier molecular flexibility index (Phi) is 4.52. The molecule has 2 bridgehead atoms. The third-order valence-corrected chi connectivity index (χ3v) is 7.06. The molecule has 5 atom stereocenters. The third-order valence-electron chi connectivity index (χ3n) is 6.08. The van der Waals surface area contributed by atoms with E-state index in [1.165, 1.54) is 43.0 Å². The zero-order valence-corrected chi connectivity index (χ0v) is 16.0. The summed E-state index contributed by atoms with van der Waals surface area (Å²) in [5.74, 6) is 2.55. The second-order valence-corrected chi connectivity index (χ2v) is 9.29. The van der Waals surface area contributed by atoms with Gasteiger partial charge in [-0.25, -0.2) is 4.98 Å². The molecule has 1 amide bonds. The van der Waals surface area contributed by atoms with Crippen molar-refractivity contribution in [3.8, 4) is 0 Å². The number of aromatic nitrogens is 2. The number of fused-ring (bicyclic) bond motifs is 3. The lowest BCUT2D eigenvalue weighted by molar-refractivity contribution is -0.121. The number of nitrogens with one attached hydrogen (secondary N) is 2. The van der Waals surface area contributed by atoms with Crippen molar-refractivity contribution in [3.05, 3.63) is 23.8 Å². The number of nitrogens with zero attached hydrogens (tertiary/aromatic N) is 1. The Morgan fingerprint density at radius 1 is 1.32 bits per heavy atom. The maximum absolute atomic E-state index is 12.6. The highest BCUT2D eigenvalue weighted by molar-refractivity contribution is 8.00. The average molecular weight is 358 g/mol. The summed E-state index contributed by atoms with van der Waals surface area (Å²) in [5, 5.41) is 3.93. The third kappa shape index (κ3) is 3.43. The van der Waals surface area contributed by atoms with E-state index in [0.717, 1.165) is 28.0 Å². The number of thioether (sulfide) groups is 1. The number of H-pyrrole nitrogens is 1. The molecule has 2 aliphatic carbocycles. The van der Waals surface area contributed by atoms with Gasteiger partial charge in [-0.05, 0) is 75.5 Å². The lowest BCUT2D eigenvalue weighted by atomic mass is 9.84. The lowest BCUT2D eigenvalue weighted by Crippen LogP contribution is -2.43. The molecular weight excluding hydrogens is 330 g/mol. The first-order chi connectivity index (χ1) is 12.0. The normalized spacial score (nSPS) is 27.6. The molecule has 0 saturated heterocycles. The summed E-state index contributed by atoms with van der Waals surface area (Å²) in [7, 11) is 0. The Morgan fingerprint density at radius 3 is 2.88 bits per heavy atom. The van der Waals surface area contributed by atoms with E-state index in [9.17, 15) is 4.79 Å². The summed E-state index contributed by atoms with van der Waals surface area (Å²) in [5.41, 5.74) is 3.19. The maximum atomic E-state index is 12.6. The lowest BCUT2D eigenvalue weighted by Gasteiger charge is -2.29. The molecule has 0 aliphatic heterocycles. The Bertz CT molecular complexity index is 786. The van der Waals surface area contributed by atoms with Crippen LogP contribution >= 0.6 is 11.8 Å². The molecule has 4 nitrogen and oxygen atoms in total. The summed E-state index contributed by atoms with van der Waals surface area (Å²) in [4.78, 5) is 20.5. The number of imidazole rings is 1. The van der Waals surface area contributed by atoms with E-state index >= 15 is 0 Å². The van der Waals surface area contributed by atoms with E-state index in [0.29, 0.717) is 5.92 Å². The monoisotopic (exact) mass is 357 g/mol. The average Bonchev–Trinajstić information content (AvgIpc) is 3.28. The van der Waals surface area contributed by atoms with Gasteiger partial charge < -0.3 is 10.3 Å². The fourth-order valence-electron chi connectivity index (χ4n) is 4.73. The van der Waals surface area contributed by atoms with E-state index < -0.39 is 0 Å². The van der Waals surface area contributed by atoms with E-state index in [4.69, 9.17) is 0 Å². The van der Waals surface area contributed by atoms with Crippen LogP contribution in [-0.4, -0.2) is 27.2 Å². The van der Waals surface area contributed by atoms with Gasteiger partial charge in [-0.2, -0.15) is 0 Å². The summed E-state index contributed by atoms with van der Waals surface area (Å²) in [6.45, 7) is 6.22. The second kappa shape index (κ2) is 6.67. The van der Waals surface area contributed by atoms with Gasteiger partial charge in [0, 0.05) is 6.04 Å². The quantitative estimate of drug-likeness (QED) is 0.785. The van der Waals surface area contributed by atoms with Crippen LogP contribution < -0.4 is 5.32 Å². The molecule has 2 N–H and O–H groups in total. The molecule has 1 heterocycles. The zero-order chi connectivity index (χ0) is 17.6. The van der Waals surface area contributed by atoms with E-state index in [2.05, 4.69) is 41.3 Å². The molecule has 2 saturated carbocycles. The number of carbonyl (C=O) groups is 1. The molecule has 2 fully saturated rings. The Balaban J connectivity index is 1.36. The van der Waals surface area contributed by atoms with Crippen molar-refractivity contribution in [1.82, 2.24) is 15.3 Å². The number of carbonyl (C=O) groups excluding carboxylic acids is 1. The van der Waals surface area contributed by atoms with Gasteiger partial charge in [0.1, 0.15) is 0 Å². The van der Waals surface area contributed by atoms with E-state index in [-0.39, 0.29) is 17.2 Å². The molecular formula is C20H27N3OS. The van der Waals surface area contributed by atoms with Crippen LogP contribution in [0.2, 0.25) is 0 Å². The van der Waals surface area contributed by atoms with Gasteiger partial charge in [-0.3, -0.25) is 4.79 Å². The fraction of sp³-hybridized carbons (Fsp3) is 0.600. The number of rotatable bonds is 5. The predicted molar refractivity (Wildman–Crippen MR) is 103 cm³/mol. The van der Waals surface area contributed by atoms with Crippen molar-refractivity contribution < 1.29 is 4.79 Å². The minimum absolute atomic E-state index is 0.122. The van der Waals surface area contributed by atoms with E-state index in [1.54, 1.807) is 0 Å². The molecule has 5 unspecified atom stereocenters. The largest absolute Gasteiger partial charge is 0.352 e. The van der Waals surface area contributed by atoms with Crippen LogP contribution in [0.3, 0.4) is 0 Å². The first-order valence-electron chi connectivity index (χ1n) is 9.43. The molecule has 4 rings (SSSR count). The van der Waals surface area contributed by atoms with Gasteiger partial charge in [-0.1, -0.05) is 24.2 Å². The van der Waals surface area contributed by atoms with Crippen LogP contribution in [0.5, 0.6) is 0 Å². The van der Waals surface area contributed by atoms with Gasteiger partial charge in [-0.15, -0.1) is 0 Å². The van der Waals surface area contributed by atoms with Crippen molar-refractivity contribution >= 4 is 28.7 Å². The van der Waals surface area contributed by atoms with Gasteiger partial charge >= 0.3 is 0 Å². The molecule has 1 aromatic heterocycles. The SMILES string of the molecule is Cc1ccc2nc(SC(C)C(=O)NC(C)C3CC4CCC3C4)[nH]c2c1. The fourth-order valence-corrected chi connectivity index (χ4v) is 5.56. The molecule has 0 radical (unpaired) electrons. The predicted octanol–water partition coefficient (Wildman–Crippen LogP) is 4.29. The van der Waals surface area contributed by atoms with Crippen LogP contribution in [0, 0.1) is 24.7 Å². The first kappa shape index (κ1) is 17.0. The highest BCUT2D eigenvalue weighted by Crippen LogP contribution is 2.49. The van der Waals surface area contributed by atoms with Gasteiger partial charge in [0.2, 0.25) is 5.91 Å². The number of aryl methyl sites for hydroxylation is 1. The van der Waals surface area contributed by atoms with Gasteiger partial charge in [0.05, 0.1) is 16.3 Å². The van der Waals surface area contributed by atoms with Gasteiger partial charge in [0.15, 0.2) is 5.16 Å². The summed E-state index contributed by atoms with van der Waals surface area (Å²) in [6, 6.07) is 6.45. The Hall–Kier alpha value is -1.49. The molecule has 1 aromatic carbocycles. The van der Waals surface area contributed by atoms with Crippen LogP contribution in [-0.2, 0) is 4.79 Å². The molecule has 134 valence electrons. The first-order valence-corrected chi connectivity index (χ1v) is 10.3. The maximum Gasteiger partial charge on any atom is 0.233 e. The Labute approximate surface area is 153 Å².